The molecule has 7 heteroatoms. The molecule has 1 heterocycles. The maximum atomic E-state index is 11.5. The fraction of sp³-hybridized carbons (Fsp3) is 0.231. The first-order valence-corrected chi connectivity index (χ1v) is 7.41. The lowest BCUT2D eigenvalue weighted by molar-refractivity contribution is -0.115. The Balaban J connectivity index is 2.39. The number of hydrogen-bond donors (Lipinski definition) is 1. The second kappa shape index (κ2) is 6.32. The zero-order valence-corrected chi connectivity index (χ0v) is 13.3. The second-order valence-corrected chi connectivity index (χ2v) is 5.69. The quantitative estimate of drug-likeness (QED) is 0.838. The van der Waals surface area contributed by atoms with Crippen molar-refractivity contribution in [2.45, 2.75) is 6.92 Å². The minimum absolute atomic E-state index is 0.355. The van der Waals surface area contributed by atoms with Gasteiger partial charge in [-0.15, -0.1) is 0 Å². The maximum absolute atomic E-state index is 11.5. The molecule has 1 aromatic carbocycles. The summed E-state index contributed by atoms with van der Waals surface area (Å²) in [6.45, 7) is 2.40. The van der Waals surface area contributed by atoms with Gasteiger partial charge in [-0.3, -0.25) is 14.9 Å². The Morgan fingerprint density at radius 1 is 1.40 bits per heavy atom. The average molecular weight is 358 g/mol. The van der Waals surface area contributed by atoms with Crippen LogP contribution in [-0.2, 0) is 4.79 Å². The van der Waals surface area contributed by atoms with Crippen molar-refractivity contribution in [3.63, 3.8) is 0 Å². The number of carbonyl (C=O) groups is 2. The van der Waals surface area contributed by atoms with E-state index in [0.717, 1.165) is 21.8 Å². The largest absolute Gasteiger partial charge is 0.493 e. The molecule has 0 spiro atoms. The summed E-state index contributed by atoms with van der Waals surface area (Å²) in [6.07, 6.45) is 1.63. The Hall–Kier alpha value is -1.47. The second-order valence-electron chi connectivity index (χ2n) is 3.82. The number of thioether (sulfide) groups is 1. The molecule has 2 rings (SSSR count). The smallest absolute Gasteiger partial charge is 0.290 e. The molecule has 20 heavy (non-hydrogen) atoms. The van der Waals surface area contributed by atoms with Crippen molar-refractivity contribution in [2.75, 3.05) is 13.7 Å². The van der Waals surface area contributed by atoms with Gasteiger partial charge < -0.3 is 9.47 Å². The van der Waals surface area contributed by atoms with E-state index in [4.69, 9.17) is 9.47 Å². The van der Waals surface area contributed by atoms with E-state index in [2.05, 4.69) is 21.2 Å². The highest BCUT2D eigenvalue weighted by molar-refractivity contribution is 9.10. The third-order valence-corrected chi connectivity index (χ3v) is 3.88. The molecule has 1 fully saturated rings. The van der Waals surface area contributed by atoms with E-state index < -0.39 is 0 Å². The number of halogens is 1. The highest BCUT2D eigenvalue weighted by atomic mass is 79.9. The molecule has 5 nitrogen and oxygen atoms in total. The highest BCUT2D eigenvalue weighted by Crippen LogP contribution is 2.38. The van der Waals surface area contributed by atoms with Gasteiger partial charge in [-0.2, -0.15) is 0 Å². The summed E-state index contributed by atoms with van der Waals surface area (Å²) in [5.74, 6) is 0.781. The summed E-state index contributed by atoms with van der Waals surface area (Å²) in [4.78, 5) is 23.0. The van der Waals surface area contributed by atoms with Crippen LogP contribution in [0.4, 0.5) is 4.79 Å². The van der Waals surface area contributed by atoms with Gasteiger partial charge in [-0.05, 0) is 58.4 Å². The minimum atomic E-state index is -0.385. The summed E-state index contributed by atoms with van der Waals surface area (Å²) in [6, 6.07) is 3.55. The molecule has 0 radical (unpaired) electrons. The van der Waals surface area contributed by atoms with E-state index in [9.17, 15) is 9.59 Å². The van der Waals surface area contributed by atoms with E-state index in [1.807, 2.05) is 6.92 Å². The standard InChI is InChI=1S/C13H12BrNO4S/c1-3-19-11-8(14)4-7(5-9(11)18-2)6-10-12(16)15-13(17)20-10/h4-6H,3H2,1-2H3,(H,15,16,17)/b10-6+. The fourth-order valence-corrected chi connectivity index (χ4v) is 2.94. The number of hydrogen-bond acceptors (Lipinski definition) is 5. The van der Waals surface area contributed by atoms with E-state index in [1.54, 1.807) is 25.3 Å². The lowest BCUT2D eigenvalue weighted by Crippen LogP contribution is -2.17. The molecule has 1 aromatic rings. The Labute approximate surface area is 128 Å². The Kier molecular flexibility index (Phi) is 4.72. The minimum Gasteiger partial charge on any atom is -0.493 e. The van der Waals surface area contributed by atoms with Gasteiger partial charge in [-0.25, -0.2) is 0 Å². The van der Waals surface area contributed by atoms with E-state index in [0.29, 0.717) is 23.0 Å². The normalized spacial score (nSPS) is 16.4. The highest BCUT2D eigenvalue weighted by Gasteiger charge is 2.25. The van der Waals surface area contributed by atoms with E-state index >= 15 is 0 Å². The van der Waals surface area contributed by atoms with Crippen molar-refractivity contribution in [3.8, 4) is 11.5 Å². The fourth-order valence-electron chi connectivity index (χ4n) is 1.68. The Morgan fingerprint density at radius 2 is 2.15 bits per heavy atom. The van der Waals surface area contributed by atoms with Gasteiger partial charge in [0.25, 0.3) is 11.1 Å². The van der Waals surface area contributed by atoms with Crippen LogP contribution in [-0.4, -0.2) is 24.9 Å². The molecule has 2 amide bonds. The predicted molar refractivity (Wildman–Crippen MR) is 81.0 cm³/mol. The lowest BCUT2D eigenvalue weighted by Gasteiger charge is -2.12. The van der Waals surface area contributed by atoms with Crippen LogP contribution < -0.4 is 14.8 Å². The van der Waals surface area contributed by atoms with Crippen LogP contribution >= 0.6 is 27.7 Å². The van der Waals surface area contributed by atoms with Crippen LogP contribution in [0.5, 0.6) is 11.5 Å². The Bertz CT molecular complexity index is 600. The third kappa shape index (κ3) is 3.16. The molecule has 1 saturated heterocycles. The van der Waals surface area contributed by atoms with Crippen molar-refractivity contribution < 1.29 is 19.1 Å². The molecule has 0 unspecified atom stereocenters. The molecule has 0 bridgehead atoms. The number of imide groups is 1. The van der Waals surface area contributed by atoms with Crippen LogP contribution in [0.15, 0.2) is 21.5 Å². The zero-order valence-electron chi connectivity index (χ0n) is 10.9. The summed E-state index contributed by atoms with van der Waals surface area (Å²) < 4.78 is 11.5. The molecule has 0 saturated carbocycles. The number of methoxy groups -OCH3 is 1. The number of amides is 2. The Morgan fingerprint density at radius 3 is 2.70 bits per heavy atom. The number of nitrogens with one attached hydrogen (secondary N) is 1. The number of benzene rings is 1. The topological polar surface area (TPSA) is 64.6 Å². The number of rotatable bonds is 4. The van der Waals surface area contributed by atoms with Crippen LogP contribution in [0, 0.1) is 0 Å². The summed E-state index contributed by atoms with van der Waals surface area (Å²) in [7, 11) is 1.54. The number of carbonyl (C=O) groups excluding carboxylic acids is 2. The third-order valence-electron chi connectivity index (χ3n) is 2.48. The molecule has 1 aliphatic rings. The van der Waals surface area contributed by atoms with Gasteiger partial charge in [0, 0.05) is 0 Å². The van der Waals surface area contributed by atoms with Gasteiger partial charge >= 0.3 is 0 Å². The van der Waals surface area contributed by atoms with Gasteiger partial charge in [0.15, 0.2) is 11.5 Å². The summed E-state index contributed by atoms with van der Waals surface area (Å²) in [5, 5.41) is 1.85. The van der Waals surface area contributed by atoms with Gasteiger partial charge in [0.2, 0.25) is 0 Å². The molecule has 1 N–H and O–H groups in total. The molecule has 0 aliphatic carbocycles. The van der Waals surface area contributed by atoms with Crippen molar-refractivity contribution in [1.82, 2.24) is 5.32 Å². The molecule has 0 atom stereocenters. The van der Waals surface area contributed by atoms with E-state index in [1.165, 1.54) is 0 Å². The van der Waals surface area contributed by atoms with E-state index in [-0.39, 0.29) is 11.1 Å². The lowest BCUT2D eigenvalue weighted by atomic mass is 10.2. The van der Waals surface area contributed by atoms with Crippen LogP contribution in [0.3, 0.4) is 0 Å². The first-order valence-electron chi connectivity index (χ1n) is 5.80. The first-order chi connectivity index (χ1) is 9.55. The molecular formula is C13H12BrNO4S. The van der Waals surface area contributed by atoms with Crippen molar-refractivity contribution >= 4 is 44.9 Å². The monoisotopic (exact) mass is 357 g/mol. The van der Waals surface area contributed by atoms with Crippen LogP contribution in [0.1, 0.15) is 12.5 Å². The average Bonchev–Trinajstić information content (AvgIpc) is 2.70. The predicted octanol–water partition coefficient (Wildman–Crippen LogP) is 3.18. The van der Waals surface area contributed by atoms with Crippen molar-refractivity contribution in [3.05, 3.63) is 27.1 Å². The summed E-state index contributed by atoms with van der Waals surface area (Å²) in [5.41, 5.74) is 0.740. The molecule has 106 valence electrons. The molecular weight excluding hydrogens is 346 g/mol. The van der Waals surface area contributed by atoms with Gasteiger partial charge in [0.05, 0.1) is 23.1 Å². The number of ether oxygens (including phenoxy) is 2. The molecule has 0 aromatic heterocycles. The van der Waals surface area contributed by atoms with Crippen molar-refractivity contribution in [2.24, 2.45) is 0 Å². The van der Waals surface area contributed by atoms with Crippen LogP contribution in [0.2, 0.25) is 0 Å². The first kappa shape index (κ1) is 14.9. The maximum Gasteiger partial charge on any atom is 0.290 e. The summed E-state index contributed by atoms with van der Waals surface area (Å²) >= 11 is 4.28. The zero-order chi connectivity index (χ0) is 14.7. The van der Waals surface area contributed by atoms with Crippen LogP contribution in [0.25, 0.3) is 6.08 Å². The van der Waals surface area contributed by atoms with Gasteiger partial charge in [0.1, 0.15) is 0 Å². The SMILES string of the molecule is CCOc1c(Br)cc(/C=C2/SC(=O)NC2=O)cc1OC. The van der Waals surface area contributed by atoms with Gasteiger partial charge in [-0.1, -0.05) is 0 Å². The van der Waals surface area contributed by atoms with Crippen molar-refractivity contribution in [1.29, 1.82) is 0 Å². The molecule has 1 aliphatic heterocycles.